The molecule has 2 unspecified atom stereocenters. The number of halogens is 1. The van der Waals surface area contributed by atoms with E-state index in [1.807, 2.05) is 6.07 Å². The molecule has 0 aromatic carbocycles. The molecular weight excluding hydrogens is 236 g/mol. The van der Waals surface area contributed by atoms with Crippen LogP contribution in [0.15, 0.2) is 24.3 Å². The summed E-state index contributed by atoms with van der Waals surface area (Å²) in [6, 6.07) is 3.58. The predicted octanol–water partition coefficient (Wildman–Crippen LogP) is 3.25. The second-order valence-corrected chi connectivity index (χ2v) is 4.93. The summed E-state index contributed by atoms with van der Waals surface area (Å²) in [5.74, 6) is 1.33. The summed E-state index contributed by atoms with van der Waals surface area (Å²) in [5.41, 5.74) is 0.827. The van der Waals surface area contributed by atoms with Crippen LogP contribution in [0.4, 0.5) is 0 Å². The molecule has 2 atom stereocenters. The lowest BCUT2D eigenvalue weighted by molar-refractivity contribution is 0.0658. The molecule has 92 valence electrons. The first-order valence-corrected chi connectivity index (χ1v) is 6.34. The highest BCUT2D eigenvalue weighted by molar-refractivity contribution is 6.29. The highest BCUT2D eigenvalue weighted by Gasteiger charge is 2.18. The largest absolute Gasteiger partial charge is 0.375 e. The first kappa shape index (κ1) is 12.5. The van der Waals surface area contributed by atoms with Gasteiger partial charge in [-0.05, 0) is 36.8 Å². The molecule has 0 saturated carbocycles. The topological polar surface area (TPSA) is 35.0 Å². The number of hydrogen-bond acceptors (Lipinski definition) is 3. The van der Waals surface area contributed by atoms with Crippen LogP contribution in [0.3, 0.4) is 0 Å². The molecule has 0 N–H and O–H groups in total. The summed E-state index contributed by atoms with van der Waals surface area (Å²) in [6.07, 6.45) is 6.78. The third kappa shape index (κ3) is 3.79. The standard InChI is InChI=1S/C13H17ClN2O/c1-10-4-2-3-5-11(10)8-17-9-12-6-7-13(14)16-15-12/h2-3,6-7,10-11H,4-5,8-9H2,1H3. The lowest BCUT2D eigenvalue weighted by atomic mass is 9.85. The Morgan fingerprint density at radius 2 is 2.12 bits per heavy atom. The number of nitrogens with zero attached hydrogens (tertiary/aromatic N) is 2. The predicted molar refractivity (Wildman–Crippen MR) is 67.7 cm³/mol. The molecule has 0 spiro atoms. The van der Waals surface area contributed by atoms with Gasteiger partial charge in [-0.25, -0.2) is 0 Å². The smallest absolute Gasteiger partial charge is 0.151 e. The lowest BCUT2D eigenvalue weighted by Crippen LogP contribution is -2.19. The average molecular weight is 253 g/mol. The molecule has 0 saturated heterocycles. The van der Waals surface area contributed by atoms with Gasteiger partial charge in [-0.15, -0.1) is 5.10 Å². The van der Waals surface area contributed by atoms with Gasteiger partial charge in [-0.3, -0.25) is 0 Å². The Morgan fingerprint density at radius 3 is 2.82 bits per heavy atom. The number of allylic oxidation sites excluding steroid dienone is 2. The van der Waals surface area contributed by atoms with Crippen LogP contribution in [0.25, 0.3) is 0 Å². The molecule has 0 radical (unpaired) electrons. The fourth-order valence-electron chi connectivity index (χ4n) is 1.97. The van der Waals surface area contributed by atoms with Crippen LogP contribution in [0.5, 0.6) is 0 Å². The molecule has 2 rings (SSSR count). The molecule has 1 aliphatic carbocycles. The molecule has 0 aliphatic heterocycles. The molecule has 0 fully saturated rings. The third-order valence-electron chi connectivity index (χ3n) is 3.19. The van der Waals surface area contributed by atoms with Crippen molar-refractivity contribution in [3.8, 4) is 0 Å². The summed E-state index contributed by atoms with van der Waals surface area (Å²) < 4.78 is 5.69. The molecule has 3 nitrogen and oxygen atoms in total. The highest BCUT2D eigenvalue weighted by Crippen LogP contribution is 2.25. The van der Waals surface area contributed by atoms with E-state index in [-0.39, 0.29) is 0 Å². The van der Waals surface area contributed by atoms with E-state index >= 15 is 0 Å². The zero-order valence-electron chi connectivity index (χ0n) is 9.97. The van der Waals surface area contributed by atoms with E-state index in [1.54, 1.807) is 6.07 Å². The van der Waals surface area contributed by atoms with E-state index in [4.69, 9.17) is 16.3 Å². The number of ether oxygens (including phenoxy) is 1. The van der Waals surface area contributed by atoms with Crippen molar-refractivity contribution in [3.63, 3.8) is 0 Å². The molecular formula is C13H17ClN2O. The summed E-state index contributed by atoms with van der Waals surface area (Å²) in [5, 5.41) is 8.16. The first-order valence-electron chi connectivity index (χ1n) is 5.96. The number of rotatable bonds is 4. The van der Waals surface area contributed by atoms with Crippen molar-refractivity contribution in [2.75, 3.05) is 6.61 Å². The second kappa shape index (κ2) is 6.12. The van der Waals surface area contributed by atoms with Crippen LogP contribution >= 0.6 is 11.6 Å². The summed E-state index contributed by atoms with van der Waals surface area (Å²) >= 11 is 5.66. The van der Waals surface area contributed by atoms with E-state index in [1.165, 1.54) is 0 Å². The van der Waals surface area contributed by atoms with Crippen LogP contribution in [-0.2, 0) is 11.3 Å². The minimum atomic E-state index is 0.416. The van der Waals surface area contributed by atoms with Crippen LogP contribution in [0.1, 0.15) is 25.5 Å². The van der Waals surface area contributed by atoms with E-state index in [2.05, 4.69) is 29.3 Å². The molecule has 1 heterocycles. The Balaban J connectivity index is 1.75. The lowest BCUT2D eigenvalue weighted by Gasteiger charge is -2.24. The van der Waals surface area contributed by atoms with Crippen molar-refractivity contribution >= 4 is 11.6 Å². The highest BCUT2D eigenvalue weighted by atomic mass is 35.5. The van der Waals surface area contributed by atoms with Crippen molar-refractivity contribution in [2.24, 2.45) is 11.8 Å². The van der Waals surface area contributed by atoms with Crippen molar-refractivity contribution in [1.82, 2.24) is 10.2 Å². The zero-order valence-corrected chi connectivity index (χ0v) is 10.7. The average Bonchev–Trinajstić information content (AvgIpc) is 2.34. The van der Waals surface area contributed by atoms with Gasteiger partial charge in [0.25, 0.3) is 0 Å². The van der Waals surface area contributed by atoms with E-state index < -0.39 is 0 Å². The first-order chi connectivity index (χ1) is 8.25. The number of hydrogen-bond donors (Lipinski definition) is 0. The molecule has 0 amide bonds. The van der Waals surface area contributed by atoms with Gasteiger partial charge in [0.2, 0.25) is 0 Å². The minimum absolute atomic E-state index is 0.416. The van der Waals surface area contributed by atoms with Gasteiger partial charge in [-0.1, -0.05) is 30.7 Å². The van der Waals surface area contributed by atoms with Crippen molar-refractivity contribution in [2.45, 2.75) is 26.4 Å². The maximum Gasteiger partial charge on any atom is 0.151 e. The fourth-order valence-corrected chi connectivity index (χ4v) is 2.08. The Bertz CT molecular complexity index is 378. The molecule has 17 heavy (non-hydrogen) atoms. The molecule has 1 aromatic rings. The second-order valence-electron chi connectivity index (χ2n) is 4.54. The van der Waals surface area contributed by atoms with Gasteiger partial charge < -0.3 is 4.74 Å². The maximum atomic E-state index is 5.69. The van der Waals surface area contributed by atoms with E-state index in [9.17, 15) is 0 Å². The van der Waals surface area contributed by atoms with Gasteiger partial charge in [0.1, 0.15) is 0 Å². The van der Waals surface area contributed by atoms with Gasteiger partial charge in [-0.2, -0.15) is 5.10 Å². The SMILES string of the molecule is CC1CC=CCC1COCc1ccc(Cl)nn1. The van der Waals surface area contributed by atoms with E-state index in [0.29, 0.717) is 23.6 Å². The van der Waals surface area contributed by atoms with E-state index in [0.717, 1.165) is 25.1 Å². The van der Waals surface area contributed by atoms with Crippen LogP contribution in [-0.4, -0.2) is 16.8 Å². The Hall–Kier alpha value is -0.930. The van der Waals surface area contributed by atoms with Gasteiger partial charge in [0.15, 0.2) is 5.15 Å². The summed E-state index contributed by atoms with van der Waals surface area (Å²) in [7, 11) is 0. The minimum Gasteiger partial charge on any atom is -0.375 e. The van der Waals surface area contributed by atoms with Crippen molar-refractivity contribution in [1.29, 1.82) is 0 Å². The maximum absolute atomic E-state index is 5.69. The van der Waals surface area contributed by atoms with Crippen LogP contribution < -0.4 is 0 Å². The van der Waals surface area contributed by atoms with Crippen molar-refractivity contribution < 1.29 is 4.74 Å². The van der Waals surface area contributed by atoms with Crippen LogP contribution in [0, 0.1) is 11.8 Å². The number of aromatic nitrogens is 2. The Morgan fingerprint density at radius 1 is 1.29 bits per heavy atom. The van der Waals surface area contributed by atoms with Gasteiger partial charge >= 0.3 is 0 Å². The normalized spacial score (nSPS) is 23.9. The Kier molecular flexibility index (Phi) is 4.51. The fraction of sp³-hybridized carbons (Fsp3) is 0.538. The third-order valence-corrected chi connectivity index (χ3v) is 3.39. The van der Waals surface area contributed by atoms with Crippen LogP contribution in [0.2, 0.25) is 5.15 Å². The van der Waals surface area contributed by atoms with Gasteiger partial charge in [0, 0.05) is 0 Å². The summed E-state index contributed by atoms with van der Waals surface area (Å²) in [6.45, 7) is 3.58. The molecule has 1 aliphatic rings. The zero-order chi connectivity index (χ0) is 12.1. The monoisotopic (exact) mass is 252 g/mol. The molecule has 0 bridgehead atoms. The molecule has 1 aromatic heterocycles. The van der Waals surface area contributed by atoms with Crippen molar-refractivity contribution in [3.05, 3.63) is 35.1 Å². The van der Waals surface area contributed by atoms with Gasteiger partial charge in [0.05, 0.1) is 18.9 Å². The Labute approximate surface area is 107 Å². The molecule has 4 heteroatoms. The quantitative estimate of drug-likeness (QED) is 0.772. The summed E-state index contributed by atoms with van der Waals surface area (Å²) in [4.78, 5) is 0.